The van der Waals surface area contributed by atoms with Crippen LogP contribution in [0.5, 0.6) is 0 Å². The van der Waals surface area contributed by atoms with Crippen molar-refractivity contribution in [3.05, 3.63) is 36.5 Å². The molecule has 0 aliphatic heterocycles. The van der Waals surface area contributed by atoms with Crippen LogP contribution in [0.15, 0.2) is 36.5 Å². The van der Waals surface area contributed by atoms with Crippen LogP contribution >= 0.6 is 0 Å². The van der Waals surface area contributed by atoms with E-state index in [-0.39, 0.29) is 6.61 Å². The Morgan fingerprint density at radius 1 is 0.565 bits per heavy atom. The Morgan fingerprint density at radius 2 is 1.00 bits per heavy atom. The molecule has 0 aromatic heterocycles. The van der Waals surface area contributed by atoms with Gasteiger partial charge in [0.25, 0.3) is 0 Å². The number of carbonyl (C=O) groups excluding carboxylic acids is 1. The fraction of sp³-hybridized carbons (Fsp3) is 0.829. The van der Waals surface area contributed by atoms with E-state index in [1.165, 1.54) is 128 Å². The molecule has 0 rings (SSSR count). The average molecular weight is 648 g/mol. The zero-order valence-electron chi connectivity index (χ0n) is 30.5. The van der Waals surface area contributed by atoms with Gasteiger partial charge in [0.05, 0.1) is 18.8 Å². The van der Waals surface area contributed by atoms with Crippen LogP contribution < -0.4 is 5.32 Å². The molecule has 4 N–H and O–H groups in total. The first-order valence-corrected chi connectivity index (χ1v) is 19.8. The number of unbranched alkanes of at least 4 members (excludes halogenated alkanes) is 23. The number of aliphatic hydroxyl groups is 3. The molecular formula is C41H77NO4. The Bertz CT molecular complexity index is 719. The first-order chi connectivity index (χ1) is 22.6. The summed E-state index contributed by atoms with van der Waals surface area (Å²) in [6, 6.07) is -0.795. The summed E-state index contributed by atoms with van der Waals surface area (Å²) < 4.78 is 0. The molecule has 0 bridgehead atoms. The van der Waals surface area contributed by atoms with E-state index >= 15 is 0 Å². The summed E-state index contributed by atoms with van der Waals surface area (Å²) in [6.45, 7) is 4.06. The second-order valence-electron chi connectivity index (χ2n) is 13.5. The summed E-state index contributed by atoms with van der Waals surface area (Å²) in [5.74, 6) is -0.506. The molecule has 1 amide bonds. The fourth-order valence-electron chi connectivity index (χ4n) is 5.87. The predicted molar refractivity (Wildman–Crippen MR) is 199 cm³/mol. The molecule has 0 aromatic carbocycles. The maximum Gasteiger partial charge on any atom is 0.249 e. The predicted octanol–water partition coefficient (Wildman–Crippen LogP) is 10.8. The van der Waals surface area contributed by atoms with Crippen molar-refractivity contribution >= 4 is 5.91 Å². The van der Waals surface area contributed by atoms with Crippen molar-refractivity contribution in [2.45, 2.75) is 212 Å². The zero-order valence-corrected chi connectivity index (χ0v) is 30.5. The van der Waals surface area contributed by atoms with E-state index < -0.39 is 24.2 Å². The van der Waals surface area contributed by atoms with E-state index in [2.05, 4.69) is 43.5 Å². The van der Waals surface area contributed by atoms with Gasteiger partial charge in [-0.25, -0.2) is 0 Å². The van der Waals surface area contributed by atoms with Crippen LogP contribution in [0.1, 0.15) is 194 Å². The van der Waals surface area contributed by atoms with Gasteiger partial charge in [-0.1, -0.05) is 185 Å². The largest absolute Gasteiger partial charge is 0.394 e. The molecule has 3 unspecified atom stereocenters. The molecular weight excluding hydrogens is 570 g/mol. The minimum absolute atomic E-state index is 0.363. The Balaban J connectivity index is 3.67. The summed E-state index contributed by atoms with van der Waals surface area (Å²) in [4.78, 5) is 12.4. The van der Waals surface area contributed by atoms with Crippen LogP contribution in [0.25, 0.3) is 0 Å². The van der Waals surface area contributed by atoms with Gasteiger partial charge in [0.2, 0.25) is 5.91 Å². The molecule has 5 heteroatoms. The second kappa shape index (κ2) is 36.4. The maximum absolute atomic E-state index is 12.4. The Morgan fingerprint density at radius 3 is 1.48 bits per heavy atom. The second-order valence-corrected chi connectivity index (χ2v) is 13.5. The molecule has 0 fully saturated rings. The molecule has 0 aliphatic rings. The van der Waals surface area contributed by atoms with Gasteiger partial charge in [0.15, 0.2) is 0 Å². The van der Waals surface area contributed by atoms with Crippen LogP contribution in [0.3, 0.4) is 0 Å². The van der Waals surface area contributed by atoms with Crippen LogP contribution in [0, 0.1) is 0 Å². The maximum atomic E-state index is 12.4. The molecule has 0 saturated heterocycles. The third kappa shape index (κ3) is 31.2. The van der Waals surface area contributed by atoms with Gasteiger partial charge in [0, 0.05) is 0 Å². The van der Waals surface area contributed by atoms with E-state index in [1.54, 1.807) is 6.08 Å². The smallest absolute Gasteiger partial charge is 0.249 e. The number of hydrogen-bond acceptors (Lipinski definition) is 4. The van der Waals surface area contributed by atoms with Crippen molar-refractivity contribution in [2.75, 3.05) is 6.61 Å². The molecule has 0 aliphatic carbocycles. The standard InChI is InChI=1S/C41H77NO4/c1-3-5-7-9-11-13-15-17-18-19-20-21-22-23-24-26-28-30-32-34-36-40(45)41(46)42-38(37-43)39(44)35-33-31-29-27-25-16-14-12-10-8-6-4-2/h5,7,11,13,33,35,38-40,43-45H,3-4,6,8-10,12,14-32,34,36-37H2,1-2H3,(H,42,46)/b7-5-,13-11-,35-33+. The highest BCUT2D eigenvalue weighted by molar-refractivity contribution is 5.80. The summed E-state index contributed by atoms with van der Waals surface area (Å²) in [7, 11) is 0. The van der Waals surface area contributed by atoms with Crippen LogP contribution in [-0.4, -0.2) is 46.1 Å². The Labute approximate surface area is 285 Å². The average Bonchev–Trinajstić information content (AvgIpc) is 3.06. The number of allylic oxidation sites excluding steroid dienone is 5. The normalized spacial score (nSPS) is 14.1. The molecule has 0 aromatic rings. The summed E-state index contributed by atoms with van der Waals surface area (Å²) in [6.07, 6.45) is 44.5. The van der Waals surface area contributed by atoms with Crippen LogP contribution in [-0.2, 0) is 4.79 Å². The van der Waals surface area contributed by atoms with Crippen LogP contribution in [0.4, 0.5) is 0 Å². The molecule has 46 heavy (non-hydrogen) atoms. The molecule has 0 saturated carbocycles. The lowest BCUT2D eigenvalue weighted by Crippen LogP contribution is -2.48. The van der Waals surface area contributed by atoms with Gasteiger partial charge in [0.1, 0.15) is 6.10 Å². The number of amides is 1. The molecule has 270 valence electrons. The monoisotopic (exact) mass is 648 g/mol. The highest BCUT2D eigenvalue weighted by atomic mass is 16.3. The van der Waals surface area contributed by atoms with Gasteiger partial charge >= 0.3 is 0 Å². The molecule has 5 nitrogen and oxygen atoms in total. The summed E-state index contributed by atoms with van der Waals surface area (Å²) >= 11 is 0. The molecule has 0 radical (unpaired) electrons. The van der Waals surface area contributed by atoms with Gasteiger partial charge in [-0.05, 0) is 44.9 Å². The van der Waals surface area contributed by atoms with Crippen molar-refractivity contribution in [3.63, 3.8) is 0 Å². The fourth-order valence-corrected chi connectivity index (χ4v) is 5.87. The van der Waals surface area contributed by atoms with E-state index in [1.807, 2.05) is 6.08 Å². The van der Waals surface area contributed by atoms with Gasteiger partial charge in [-0.15, -0.1) is 0 Å². The number of aliphatic hydroxyl groups excluding tert-OH is 3. The lowest BCUT2D eigenvalue weighted by Gasteiger charge is -2.21. The van der Waals surface area contributed by atoms with E-state index in [0.29, 0.717) is 6.42 Å². The van der Waals surface area contributed by atoms with Gasteiger partial charge in [-0.2, -0.15) is 0 Å². The van der Waals surface area contributed by atoms with E-state index in [4.69, 9.17) is 0 Å². The van der Waals surface area contributed by atoms with Crippen molar-refractivity contribution in [3.8, 4) is 0 Å². The topological polar surface area (TPSA) is 89.8 Å². The minimum atomic E-state index is -1.10. The number of nitrogens with one attached hydrogen (secondary N) is 1. The summed E-state index contributed by atoms with van der Waals surface area (Å²) in [5, 5.41) is 33.0. The van der Waals surface area contributed by atoms with E-state index in [0.717, 1.165) is 44.9 Å². The molecule has 0 heterocycles. The highest BCUT2D eigenvalue weighted by Crippen LogP contribution is 2.15. The zero-order chi connectivity index (χ0) is 33.8. The summed E-state index contributed by atoms with van der Waals surface area (Å²) in [5.41, 5.74) is 0. The van der Waals surface area contributed by atoms with Crippen molar-refractivity contribution in [1.29, 1.82) is 0 Å². The molecule has 3 atom stereocenters. The minimum Gasteiger partial charge on any atom is -0.394 e. The lowest BCUT2D eigenvalue weighted by atomic mass is 10.0. The van der Waals surface area contributed by atoms with Crippen molar-refractivity contribution in [2.24, 2.45) is 0 Å². The van der Waals surface area contributed by atoms with Gasteiger partial charge < -0.3 is 20.6 Å². The Kier molecular flexibility index (Phi) is 35.3. The number of carbonyl (C=O) groups is 1. The SMILES string of the molecule is CC/C=C\C/C=C\CCCCCCCCCCCCCCCC(O)C(=O)NC(CO)C(O)/C=C/CCCCCCCCCCCC. The first-order valence-electron chi connectivity index (χ1n) is 19.8. The van der Waals surface area contributed by atoms with Crippen molar-refractivity contribution < 1.29 is 20.1 Å². The third-order valence-corrected chi connectivity index (χ3v) is 8.99. The Hall–Kier alpha value is -1.43. The number of hydrogen-bond donors (Lipinski definition) is 4. The molecule has 0 spiro atoms. The lowest BCUT2D eigenvalue weighted by molar-refractivity contribution is -0.131. The van der Waals surface area contributed by atoms with Crippen molar-refractivity contribution in [1.82, 2.24) is 5.32 Å². The van der Waals surface area contributed by atoms with E-state index in [9.17, 15) is 20.1 Å². The highest BCUT2D eigenvalue weighted by Gasteiger charge is 2.22. The third-order valence-electron chi connectivity index (χ3n) is 8.99. The van der Waals surface area contributed by atoms with Crippen LogP contribution in [0.2, 0.25) is 0 Å². The quantitative estimate of drug-likeness (QED) is 0.0407. The van der Waals surface area contributed by atoms with Gasteiger partial charge in [-0.3, -0.25) is 4.79 Å². The first kappa shape index (κ1) is 44.6. The number of rotatable bonds is 35.